The van der Waals surface area contributed by atoms with Crippen LogP contribution >= 0.6 is 0 Å². The third kappa shape index (κ3) is 2.33. The van der Waals surface area contributed by atoms with E-state index >= 15 is 0 Å². The predicted octanol–water partition coefficient (Wildman–Crippen LogP) is 3.22. The summed E-state index contributed by atoms with van der Waals surface area (Å²) in [6.07, 6.45) is 1.87. The number of hydrogen-bond donors (Lipinski definition) is 0. The summed E-state index contributed by atoms with van der Waals surface area (Å²) in [4.78, 5) is 14.1. The SMILES string of the molecule is COc1cc(/C=C2\C(=O)N(C)c3ccccc32)cc(OC)c1. The van der Waals surface area contributed by atoms with Crippen LogP contribution in [0.5, 0.6) is 11.5 Å². The van der Waals surface area contributed by atoms with E-state index in [1.54, 1.807) is 32.2 Å². The Morgan fingerprint density at radius 1 is 1.00 bits per heavy atom. The Balaban J connectivity index is 2.11. The van der Waals surface area contributed by atoms with Gasteiger partial charge >= 0.3 is 0 Å². The Labute approximate surface area is 129 Å². The summed E-state index contributed by atoms with van der Waals surface area (Å²) < 4.78 is 10.5. The van der Waals surface area contributed by atoms with Crippen molar-refractivity contribution < 1.29 is 14.3 Å². The molecule has 112 valence electrons. The second-order valence-corrected chi connectivity index (χ2v) is 5.09. The highest BCUT2D eigenvalue weighted by Gasteiger charge is 2.28. The molecule has 3 rings (SSSR count). The molecule has 22 heavy (non-hydrogen) atoms. The minimum atomic E-state index is -0.0111. The molecular weight excluding hydrogens is 278 g/mol. The third-order valence-corrected chi connectivity index (χ3v) is 3.78. The van der Waals surface area contributed by atoms with Crippen molar-refractivity contribution in [3.05, 3.63) is 53.6 Å². The summed E-state index contributed by atoms with van der Waals surface area (Å²) in [5.41, 5.74) is 3.41. The van der Waals surface area contributed by atoms with Gasteiger partial charge in [0, 0.05) is 24.3 Å². The maximum absolute atomic E-state index is 12.5. The lowest BCUT2D eigenvalue weighted by Crippen LogP contribution is -2.20. The number of fused-ring (bicyclic) bond motifs is 1. The second kappa shape index (κ2) is 5.56. The molecular formula is C18H17NO3. The molecule has 0 radical (unpaired) electrons. The van der Waals surface area contributed by atoms with Crippen LogP contribution < -0.4 is 14.4 Å². The minimum absolute atomic E-state index is 0.0111. The number of carbonyl (C=O) groups is 1. The first-order valence-corrected chi connectivity index (χ1v) is 6.96. The average molecular weight is 295 g/mol. The molecule has 0 fully saturated rings. The van der Waals surface area contributed by atoms with Gasteiger partial charge in [0.2, 0.25) is 0 Å². The van der Waals surface area contributed by atoms with E-state index in [4.69, 9.17) is 9.47 Å². The van der Waals surface area contributed by atoms with Crippen molar-refractivity contribution in [2.45, 2.75) is 0 Å². The molecule has 0 aromatic heterocycles. The molecule has 1 aliphatic heterocycles. The minimum Gasteiger partial charge on any atom is -0.497 e. The molecule has 0 atom stereocenters. The standard InChI is InChI=1S/C18H17NO3/c1-19-17-7-5-4-6-15(17)16(18(19)20)10-12-8-13(21-2)11-14(9-12)22-3/h4-11H,1-3H3/b16-10-. The summed E-state index contributed by atoms with van der Waals surface area (Å²) in [5.74, 6) is 1.37. The first kappa shape index (κ1) is 14.2. The smallest absolute Gasteiger partial charge is 0.258 e. The zero-order valence-corrected chi connectivity index (χ0v) is 12.8. The number of benzene rings is 2. The number of carbonyl (C=O) groups excluding carboxylic acids is 1. The van der Waals surface area contributed by atoms with E-state index in [9.17, 15) is 4.79 Å². The van der Waals surface area contributed by atoms with Gasteiger partial charge in [-0.2, -0.15) is 0 Å². The Morgan fingerprint density at radius 3 is 2.27 bits per heavy atom. The molecule has 4 heteroatoms. The van der Waals surface area contributed by atoms with Crippen LogP contribution in [0, 0.1) is 0 Å². The molecule has 1 heterocycles. The lowest BCUT2D eigenvalue weighted by molar-refractivity contribution is -0.112. The molecule has 1 amide bonds. The van der Waals surface area contributed by atoms with Gasteiger partial charge in [-0.15, -0.1) is 0 Å². The van der Waals surface area contributed by atoms with Gasteiger partial charge in [0.25, 0.3) is 5.91 Å². The lowest BCUT2D eigenvalue weighted by atomic mass is 10.0. The summed E-state index contributed by atoms with van der Waals surface area (Å²) >= 11 is 0. The number of hydrogen-bond acceptors (Lipinski definition) is 3. The molecule has 0 spiro atoms. The van der Waals surface area contributed by atoms with E-state index in [1.165, 1.54) is 0 Å². The highest BCUT2D eigenvalue weighted by Crippen LogP contribution is 2.37. The van der Waals surface area contributed by atoms with Crippen molar-refractivity contribution >= 4 is 23.2 Å². The molecule has 0 N–H and O–H groups in total. The first-order valence-electron chi connectivity index (χ1n) is 6.96. The molecule has 0 unspecified atom stereocenters. The Bertz CT molecular complexity index is 742. The highest BCUT2D eigenvalue weighted by molar-refractivity contribution is 6.35. The molecule has 2 aromatic carbocycles. The monoisotopic (exact) mass is 295 g/mol. The number of ether oxygens (including phenoxy) is 2. The van der Waals surface area contributed by atoms with Crippen LogP contribution in [0.1, 0.15) is 11.1 Å². The Hall–Kier alpha value is -2.75. The van der Waals surface area contributed by atoms with Crippen molar-refractivity contribution in [1.82, 2.24) is 0 Å². The summed E-state index contributed by atoms with van der Waals surface area (Å²) in [5, 5.41) is 0. The van der Waals surface area contributed by atoms with E-state index in [1.807, 2.05) is 42.5 Å². The number of methoxy groups -OCH3 is 2. The van der Waals surface area contributed by atoms with Crippen molar-refractivity contribution in [1.29, 1.82) is 0 Å². The highest BCUT2D eigenvalue weighted by atomic mass is 16.5. The lowest BCUT2D eigenvalue weighted by Gasteiger charge is -2.08. The fourth-order valence-corrected chi connectivity index (χ4v) is 2.62. The van der Waals surface area contributed by atoms with Gasteiger partial charge in [-0.1, -0.05) is 18.2 Å². The van der Waals surface area contributed by atoms with Crippen LogP contribution in [-0.2, 0) is 4.79 Å². The molecule has 0 saturated carbocycles. The number of anilines is 1. The number of amides is 1. The van der Waals surface area contributed by atoms with Crippen LogP contribution in [0.25, 0.3) is 11.6 Å². The Kier molecular flexibility index (Phi) is 3.59. The zero-order valence-electron chi connectivity index (χ0n) is 12.8. The second-order valence-electron chi connectivity index (χ2n) is 5.09. The fourth-order valence-electron chi connectivity index (χ4n) is 2.62. The molecule has 4 nitrogen and oxygen atoms in total. The fraction of sp³-hybridized carbons (Fsp3) is 0.167. The largest absolute Gasteiger partial charge is 0.497 e. The topological polar surface area (TPSA) is 38.8 Å². The summed E-state index contributed by atoms with van der Waals surface area (Å²) in [6.45, 7) is 0. The number of para-hydroxylation sites is 1. The molecule has 0 saturated heterocycles. The van der Waals surface area contributed by atoms with Gasteiger partial charge in [-0.05, 0) is 29.8 Å². The number of rotatable bonds is 3. The Morgan fingerprint density at radius 2 is 1.64 bits per heavy atom. The molecule has 2 aromatic rings. The van der Waals surface area contributed by atoms with E-state index in [2.05, 4.69) is 0 Å². The molecule has 0 aliphatic carbocycles. The van der Waals surface area contributed by atoms with Crippen molar-refractivity contribution in [3.8, 4) is 11.5 Å². The van der Waals surface area contributed by atoms with Gasteiger partial charge in [-0.3, -0.25) is 4.79 Å². The predicted molar refractivity (Wildman–Crippen MR) is 87.3 cm³/mol. The maximum Gasteiger partial charge on any atom is 0.258 e. The number of nitrogens with zero attached hydrogens (tertiary/aromatic N) is 1. The molecule has 1 aliphatic rings. The first-order chi connectivity index (χ1) is 10.6. The van der Waals surface area contributed by atoms with Crippen molar-refractivity contribution in [2.24, 2.45) is 0 Å². The van der Waals surface area contributed by atoms with Gasteiger partial charge in [0.1, 0.15) is 11.5 Å². The maximum atomic E-state index is 12.5. The van der Waals surface area contributed by atoms with Crippen LogP contribution in [0.2, 0.25) is 0 Å². The molecule has 0 bridgehead atoms. The van der Waals surface area contributed by atoms with Crippen molar-refractivity contribution in [3.63, 3.8) is 0 Å². The van der Waals surface area contributed by atoms with Crippen LogP contribution in [0.4, 0.5) is 5.69 Å². The van der Waals surface area contributed by atoms with Gasteiger partial charge in [0.05, 0.1) is 19.9 Å². The van der Waals surface area contributed by atoms with Crippen molar-refractivity contribution in [2.75, 3.05) is 26.2 Å². The quantitative estimate of drug-likeness (QED) is 0.816. The van der Waals surface area contributed by atoms with E-state index in [0.29, 0.717) is 17.1 Å². The van der Waals surface area contributed by atoms with Gasteiger partial charge in [0.15, 0.2) is 0 Å². The summed E-state index contributed by atoms with van der Waals surface area (Å²) in [7, 11) is 5.00. The van der Waals surface area contributed by atoms with E-state index in [-0.39, 0.29) is 5.91 Å². The average Bonchev–Trinajstić information content (AvgIpc) is 2.80. The van der Waals surface area contributed by atoms with Gasteiger partial charge in [-0.25, -0.2) is 0 Å². The normalized spacial score (nSPS) is 15.1. The van der Waals surface area contributed by atoms with E-state index in [0.717, 1.165) is 16.8 Å². The van der Waals surface area contributed by atoms with Crippen LogP contribution in [0.15, 0.2) is 42.5 Å². The van der Waals surface area contributed by atoms with E-state index < -0.39 is 0 Å². The van der Waals surface area contributed by atoms with Crippen LogP contribution in [0.3, 0.4) is 0 Å². The number of likely N-dealkylation sites (N-methyl/N-ethyl adjacent to an activating group) is 1. The van der Waals surface area contributed by atoms with Gasteiger partial charge < -0.3 is 14.4 Å². The van der Waals surface area contributed by atoms with Crippen LogP contribution in [-0.4, -0.2) is 27.2 Å². The summed E-state index contributed by atoms with van der Waals surface area (Å²) in [6, 6.07) is 13.3. The zero-order chi connectivity index (χ0) is 15.7. The third-order valence-electron chi connectivity index (χ3n) is 3.78.